The summed E-state index contributed by atoms with van der Waals surface area (Å²) in [6, 6.07) is 8.73. The van der Waals surface area contributed by atoms with E-state index in [0.717, 1.165) is 10.8 Å². The summed E-state index contributed by atoms with van der Waals surface area (Å²) in [5, 5.41) is 32.7. The van der Waals surface area contributed by atoms with Gasteiger partial charge in [0.2, 0.25) is 0 Å². The lowest BCUT2D eigenvalue weighted by atomic mass is 9.98. The van der Waals surface area contributed by atoms with Crippen molar-refractivity contribution in [3.05, 3.63) is 36.0 Å². The number of anilines is 1. The number of hydrogen-bond acceptors (Lipinski definition) is 5. The van der Waals surface area contributed by atoms with Crippen LogP contribution in [0.15, 0.2) is 30.3 Å². The molecule has 112 valence electrons. The van der Waals surface area contributed by atoms with Crippen molar-refractivity contribution in [2.45, 2.75) is 18.9 Å². The van der Waals surface area contributed by atoms with Crippen molar-refractivity contribution in [2.75, 3.05) is 18.5 Å². The summed E-state index contributed by atoms with van der Waals surface area (Å²) in [5.74, 6) is -0.783. The first-order chi connectivity index (χ1) is 10.0. The Bertz CT molecular complexity index is 645. The highest BCUT2D eigenvalue weighted by Gasteiger charge is 2.28. The summed E-state index contributed by atoms with van der Waals surface area (Å²) in [6.45, 7) is 1.25. The smallest absolute Gasteiger partial charge is 0.354 e. The number of aromatic carboxylic acids is 1. The van der Waals surface area contributed by atoms with E-state index in [2.05, 4.69) is 10.3 Å². The lowest BCUT2D eigenvalue weighted by Crippen LogP contribution is -2.45. The molecular weight excluding hydrogens is 272 g/mol. The third-order valence-electron chi connectivity index (χ3n) is 3.63. The van der Waals surface area contributed by atoms with Gasteiger partial charge in [-0.15, -0.1) is 0 Å². The molecule has 0 aliphatic heterocycles. The number of nitrogens with zero attached hydrogens (tertiary/aromatic N) is 1. The fourth-order valence-electron chi connectivity index (χ4n) is 2.10. The molecule has 21 heavy (non-hydrogen) atoms. The third-order valence-corrected chi connectivity index (χ3v) is 3.63. The van der Waals surface area contributed by atoms with Gasteiger partial charge in [-0.05, 0) is 17.9 Å². The molecule has 0 bridgehead atoms. The average molecular weight is 290 g/mol. The van der Waals surface area contributed by atoms with Gasteiger partial charge in [-0.2, -0.15) is 0 Å². The van der Waals surface area contributed by atoms with Gasteiger partial charge < -0.3 is 20.6 Å². The minimum absolute atomic E-state index is 0.0860. The van der Waals surface area contributed by atoms with Crippen LogP contribution in [0.4, 0.5) is 5.82 Å². The number of hydrogen-bond donors (Lipinski definition) is 4. The normalized spacial score (nSPS) is 11.6. The van der Waals surface area contributed by atoms with Gasteiger partial charge in [0.25, 0.3) is 0 Å². The Labute approximate surface area is 122 Å². The number of benzene rings is 1. The van der Waals surface area contributed by atoms with Crippen LogP contribution in [-0.4, -0.2) is 45.0 Å². The summed E-state index contributed by atoms with van der Waals surface area (Å²) in [5.41, 5.74) is -1.02. The van der Waals surface area contributed by atoms with Crippen molar-refractivity contribution in [2.24, 2.45) is 0 Å². The van der Waals surface area contributed by atoms with Crippen LogP contribution in [-0.2, 0) is 0 Å². The molecule has 6 nitrogen and oxygen atoms in total. The van der Waals surface area contributed by atoms with E-state index in [1.54, 1.807) is 6.07 Å². The SMILES string of the molecule is CCC(CO)(CO)Nc1nc(C(=O)O)cc2ccccc12. The molecule has 0 spiro atoms. The first kappa shape index (κ1) is 15.2. The molecule has 0 saturated carbocycles. The zero-order valence-electron chi connectivity index (χ0n) is 11.7. The molecule has 0 saturated heterocycles. The van der Waals surface area contributed by atoms with Crippen LogP contribution < -0.4 is 5.32 Å². The van der Waals surface area contributed by atoms with Gasteiger partial charge in [-0.1, -0.05) is 31.2 Å². The fraction of sp³-hybridized carbons (Fsp3) is 0.333. The van der Waals surface area contributed by atoms with Crippen LogP contribution in [0.25, 0.3) is 10.8 Å². The largest absolute Gasteiger partial charge is 0.477 e. The number of carboxylic acids is 1. The average Bonchev–Trinajstić information content (AvgIpc) is 2.52. The lowest BCUT2D eigenvalue weighted by molar-refractivity contribution is 0.0691. The first-order valence-corrected chi connectivity index (χ1v) is 6.68. The highest BCUT2D eigenvalue weighted by molar-refractivity contribution is 5.97. The van der Waals surface area contributed by atoms with Crippen molar-refractivity contribution in [1.82, 2.24) is 4.98 Å². The van der Waals surface area contributed by atoms with E-state index in [1.165, 1.54) is 6.07 Å². The number of fused-ring (bicyclic) bond motifs is 1. The molecule has 6 heteroatoms. The van der Waals surface area contributed by atoms with Crippen LogP contribution in [0, 0.1) is 0 Å². The minimum atomic E-state index is -1.13. The van der Waals surface area contributed by atoms with Gasteiger partial charge >= 0.3 is 5.97 Å². The Morgan fingerprint density at radius 3 is 2.52 bits per heavy atom. The molecule has 1 heterocycles. The molecule has 1 aromatic carbocycles. The van der Waals surface area contributed by atoms with E-state index in [0.29, 0.717) is 12.2 Å². The van der Waals surface area contributed by atoms with Crippen LogP contribution in [0.5, 0.6) is 0 Å². The number of nitrogens with one attached hydrogen (secondary N) is 1. The number of aliphatic hydroxyl groups is 2. The zero-order valence-corrected chi connectivity index (χ0v) is 11.7. The summed E-state index contributed by atoms with van der Waals surface area (Å²) in [6.07, 6.45) is 0.466. The molecule has 0 amide bonds. The standard InChI is InChI=1S/C15H18N2O4/c1-2-15(8-18,9-19)17-13-11-6-4-3-5-10(11)7-12(16-13)14(20)21/h3-7,18-19H,2,8-9H2,1H3,(H,16,17)(H,20,21). The Morgan fingerprint density at radius 1 is 1.29 bits per heavy atom. The van der Waals surface area contributed by atoms with Gasteiger partial charge in [-0.3, -0.25) is 0 Å². The molecular formula is C15H18N2O4. The maximum Gasteiger partial charge on any atom is 0.354 e. The van der Waals surface area contributed by atoms with Gasteiger partial charge in [0.1, 0.15) is 5.82 Å². The minimum Gasteiger partial charge on any atom is -0.477 e. The highest BCUT2D eigenvalue weighted by Crippen LogP contribution is 2.26. The van der Waals surface area contributed by atoms with Crippen molar-refractivity contribution in [3.63, 3.8) is 0 Å². The predicted octanol–water partition coefficient (Wildman–Crippen LogP) is 1.48. The molecule has 0 atom stereocenters. The number of rotatable bonds is 6. The lowest BCUT2D eigenvalue weighted by Gasteiger charge is -2.30. The molecule has 2 aromatic rings. The zero-order chi connectivity index (χ0) is 15.5. The molecule has 0 aliphatic carbocycles. The summed E-state index contributed by atoms with van der Waals surface area (Å²) < 4.78 is 0. The van der Waals surface area contributed by atoms with E-state index in [1.807, 2.05) is 25.1 Å². The monoisotopic (exact) mass is 290 g/mol. The van der Waals surface area contributed by atoms with Crippen molar-refractivity contribution in [3.8, 4) is 0 Å². The molecule has 0 aliphatic rings. The Hall–Kier alpha value is -2.18. The Kier molecular flexibility index (Phi) is 4.40. The van der Waals surface area contributed by atoms with Crippen molar-refractivity contribution in [1.29, 1.82) is 0 Å². The third kappa shape index (κ3) is 2.96. The van der Waals surface area contributed by atoms with Crippen LogP contribution in [0.3, 0.4) is 0 Å². The maximum absolute atomic E-state index is 11.2. The first-order valence-electron chi connectivity index (χ1n) is 6.68. The second-order valence-corrected chi connectivity index (χ2v) is 4.96. The van der Waals surface area contributed by atoms with E-state index >= 15 is 0 Å². The van der Waals surface area contributed by atoms with Crippen LogP contribution in [0.1, 0.15) is 23.8 Å². The summed E-state index contributed by atoms with van der Waals surface area (Å²) in [4.78, 5) is 15.3. The molecule has 0 radical (unpaired) electrons. The maximum atomic E-state index is 11.2. The Morgan fingerprint density at radius 2 is 1.95 bits per heavy atom. The van der Waals surface area contributed by atoms with Crippen molar-refractivity contribution < 1.29 is 20.1 Å². The summed E-state index contributed by atoms with van der Waals surface area (Å²) in [7, 11) is 0. The van der Waals surface area contributed by atoms with E-state index < -0.39 is 11.5 Å². The van der Waals surface area contributed by atoms with Crippen LogP contribution >= 0.6 is 0 Å². The number of aliphatic hydroxyl groups excluding tert-OH is 2. The second-order valence-electron chi connectivity index (χ2n) is 4.96. The van der Waals surface area contributed by atoms with E-state index in [4.69, 9.17) is 5.11 Å². The molecule has 0 unspecified atom stereocenters. The molecule has 0 fully saturated rings. The number of carboxylic acid groups (broad SMARTS) is 1. The molecule has 4 N–H and O–H groups in total. The van der Waals surface area contributed by atoms with E-state index in [-0.39, 0.29) is 18.9 Å². The quantitative estimate of drug-likeness (QED) is 0.642. The van der Waals surface area contributed by atoms with Gasteiger partial charge in [0.05, 0.1) is 18.8 Å². The number of pyridine rings is 1. The molecule has 2 rings (SSSR count). The van der Waals surface area contributed by atoms with Crippen molar-refractivity contribution >= 4 is 22.6 Å². The van der Waals surface area contributed by atoms with Gasteiger partial charge in [0, 0.05) is 5.39 Å². The fourth-order valence-corrected chi connectivity index (χ4v) is 2.10. The topological polar surface area (TPSA) is 103 Å². The Balaban J connectivity index is 2.58. The summed E-state index contributed by atoms with van der Waals surface area (Å²) >= 11 is 0. The van der Waals surface area contributed by atoms with E-state index in [9.17, 15) is 15.0 Å². The molecule has 1 aromatic heterocycles. The van der Waals surface area contributed by atoms with Crippen LogP contribution in [0.2, 0.25) is 0 Å². The van der Waals surface area contributed by atoms with Gasteiger partial charge in [0.15, 0.2) is 5.69 Å². The number of carbonyl (C=O) groups is 1. The second kappa shape index (κ2) is 6.07. The predicted molar refractivity (Wildman–Crippen MR) is 79.5 cm³/mol. The highest BCUT2D eigenvalue weighted by atomic mass is 16.4. The number of aromatic nitrogens is 1. The van der Waals surface area contributed by atoms with Gasteiger partial charge in [-0.25, -0.2) is 9.78 Å².